The van der Waals surface area contributed by atoms with E-state index < -0.39 is 18.5 Å². The second-order valence-electron chi connectivity index (χ2n) is 2.74. The molecular formula is C7H11F5S. The van der Waals surface area contributed by atoms with Crippen LogP contribution in [0.15, 0.2) is 0 Å². The number of alkyl halides is 5. The van der Waals surface area contributed by atoms with E-state index in [1.807, 2.05) is 0 Å². The van der Waals surface area contributed by atoms with Gasteiger partial charge < -0.3 is 0 Å². The molecule has 80 valence electrons. The standard InChI is InChI=1S/C7H11F5S/c8-6(9,7(10,11)12)4-2-1-3-5-13/h13H,1-5H2. The second-order valence-corrected chi connectivity index (χ2v) is 3.18. The van der Waals surface area contributed by atoms with Crippen LogP contribution in [-0.2, 0) is 0 Å². The summed E-state index contributed by atoms with van der Waals surface area (Å²) in [4.78, 5) is 0. The Kier molecular flexibility index (Phi) is 5.02. The van der Waals surface area contributed by atoms with E-state index in [9.17, 15) is 22.0 Å². The molecule has 0 unspecified atom stereocenters. The smallest absolute Gasteiger partial charge is 0.196 e. The zero-order chi connectivity index (χ0) is 10.5. The molecule has 0 heterocycles. The Morgan fingerprint density at radius 3 is 1.77 bits per heavy atom. The lowest BCUT2D eigenvalue weighted by Crippen LogP contribution is -2.36. The molecule has 0 bridgehead atoms. The van der Waals surface area contributed by atoms with Crippen LogP contribution in [-0.4, -0.2) is 17.9 Å². The number of unbranched alkanes of at least 4 members (excludes halogenated alkanes) is 2. The molecule has 0 spiro atoms. The lowest BCUT2D eigenvalue weighted by Gasteiger charge is -2.18. The van der Waals surface area contributed by atoms with Crippen molar-refractivity contribution in [2.45, 2.75) is 37.8 Å². The quantitative estimate of drug-likeness (QED) is 0.409. The summed E-state index contributed by atoms with van der Waals surface area (Å²) in [7, 11) is 0. The molecule has 0 nitrogen and oxygen atoms in total. The van der Waals surface area contributed by atoms with Crippen LogP contribution in [0.4, 0.5) is 22.0 Å². The maximum absolute atomic E-state index is 12.2. The third-order valence-corrected chi connectivity index (χ3v) is 1.88. The van der Waals surface area contributed by atoms with Gasteiger partial charge in [-0.05, 0) is 18.6 Å². The molecule has 0 aromatic heterocycles. The van der Waals surface area contributed by atoms with Crippen molar-refractivity contribution in [2.75, 3.05) is 5.75 Å². The monoisotopic (exact) mass is 222 g/mol. The molecule has 0 aromatic carbocycles. The van der Waals surface area contributed by atoms with Crippen LogP contribution in [0.25, 0.3) is 0 Å². The lowest BCUT2D eigenvalue weighted by atomic mass is 10.1. The average molecular weight is 222 g/mol. The van der Waals surface area contributed by atoms with Crippen LogP contribution >= 0.6 is 12.6 Å². The average Bonchev–Trinajstić information content (AvgIpc) is 1.96. The maximum Gasteiger partial charge on any atom is 0.453 e. The zero-order valence-corrected chi connectivity index (χ0v) is 7.77. The fourth-order valence-corrected chi connectivity index (χ4v) is 1.00. The first-order valence-electron chi connectivity index (χ1n) is 3.86. The van der Waals surface area contributed by atoms with E-state index in [1.165, 1.54) is 0 Å². The molecule has 0 saturated carbocycles. The minimum absolute atomic E-state index is 0.118. The Morgan fingerprint density at radius 2 is 1.38 bits per heavy atom. The first-order valence-corrected chi connectivity index (χ1v) is 4.50. The minimum Gasteiger partial charge on any atom is -0.196 e. The summed E-state index contributed by atoms with van der Waals surface area (Å²) < 4.78 is 59.2. The highest BCUT2D eigenvalue weighted by atomic mass is 32.1. The molecular weight excluding hydrogens is 211 g/mol. The van der Waals surface area contributed by atoms with Gasteiger partial charge in [0.1, 0.15) is 0 Å². The van der Waals surface area contributed by atoms with Gasteiger partial charge in [0.05, 0.1) is 0 Å². The van der Waals surface area contributed by atoms with E-state index in [1.54, 1.807) is 0 Å². The number of hydrogen-bond donors (Lipinski definition) is 1. The van der Waals surface area contributed by atoms with E-state index in [2.05, 4.69) is 12.6 Å². The lowest BCUT2D eigenvalue weighted by molar-refractivity contribution is -0.284. The van der Waals surface area contributed by atoms with E-state index in [-0.39, 0.29) is 6.42 Å². The zero-order valence-electron chi connectivity index (χ0n) is 6.87. The number of rotatable bonds is 5. The van der Waals surface area contributed by atoms with Gasteiger partial charge in [0.15, 0.2) is 0 Å². The molecule has 0 N–H and O–H groups in total. The van der Waals surface area contributed by atoms with Gasteiger partial charge in [-0.1, -0.05) is 6.42 Å². The van der Waals surface area contributed by atoms with Crippen molar-refractivity contribution >= 4 is 12.6 Å². The molecule has 6 heteroatoms. The minimum atomic E-state index is -5.41. The van der Waals surface area contributed by atoms with Gasteiger partial charge in [-0.15, -0.1) is 0 Å². The molecule has 0 aliphatic rings. The summed E-state index contributed by atoms with van der Waals surface area (Å²) in [5.74, 6) is -4.03. The van der Waals surface area contributed by atoms with Gasteiger partial charge in [-0.2, -0.15) is 34.6 Å². The number of halogens is 5. The van der Waals surface area contributed by atoms with Crippen LogP contribution < -0.4 is 0 Å². The van der Waals surface area contributed by atoms with Crippen LogP contribution in [0.5, 0.6) is 0 Å². The third-order valence-electron chi connectivity index (χ3n) is 1.56. The van der Waals surface area contributed by atoms with Gasteiger partial charge in [0.25, 0.3) is 0 Å². The summed E-state index contributed by atoms with van der Waals surface area (Å²) in [6.07, 6.45) is -5.72. The molecule has 0 aliphatic heterocycles. The molecule has 0 saturated heterocycles. The fourth-order valence-electron chi connectivity index (χ4n) is 0.777. The van der Waals surface area contributed by atoms with Gasteiger partial charge in [0.2, 0.25) is 0 Å². The highest BCUT2D eigenvalue weighted by molar-refractivity contribution is 7.80. The van der Waals surface area contributed by atoms with Crippen molar-refractivity contribution in [3.05, 3.63) is 0 Å². The molecule has 13 heavy (non-hydrogen) atoms. The van der Waals surface area contributed by atoms with E-state index in [4.69, 9.17) is 0 Å². The summed E-state index contributed by atoms with van der Waals surface area (Å²) in [5, 5.41) is 0. The summed E-state index contributed by atoms with van der Waals surface area (Å²) in [6.45, 7) is 0. The number of thiol groups is 1. The van der Waals surface area contributed by atoms with Gasteiger partial charge in [-0.25, -0.2) is 0 Å². The van der Waals surface area contributed by atoms with Crippen molar-refractivity contribution < 1.29 is 22.0 Å². The van der Waals surface area contributed by atoms with E-state index in [0.29, 0.717) is 18.6 Å². The predicted molar refractivity (Wildman–Crippen MR) is 43.3 cm³/mol. The Bertz CT molecular complexity index is 142. The number of hydrogen-bond acceptors (Lipinski definition) is 1. The first kappa shape index (κ1) is 13.0. The van der Waals surface area contributed by atoms with Gasteiger partial charge >= 0.3 is 12.1 Å². The largest absolute Gasteiger partial charge is 0.453 e. The van der Waals surface area contributed by atoms with Crippen LogP contribution in [0.2, 0.25) is 0 Å². The molecule has 0 atom stereocenters. The van der Waals surface area contributed by atoms with Crippen molar-refractivity contribution in [3.63, 3.8) is 0 Å². The van der Waals surface area contributed by atoms with Crippen LogP contribution in [0, 0.1) is 0 Å². The van der Waals surface area contributed by atoms with Gasteiger partial charge in [0, 0.05) is 6.42 Å². The first-order chi connectivity index (χ1) is 5.81. The maximum atomic E-state index is 12.2. The van der Waals surface area contributed by atoms with Crippen LogP contribution in [0.3, 0.4) is 0 Å². The molecule has 0 aliphatic carbocycles. The molecule has 0 radical (unpaired) electrons. The van der Waals surface area contributed by atoms with Gasteiger partial charge in [-0.3, -0.25) is 0 Å². The Hall–Kier alpha value is -0.0000000000000000555. The third kappa shape index (κ3) is 4.69. The summed E-state index contributed by atoms with van der Waals surface area (Å²) in [6, 6.07) is 0. The topological polar surface area (TPSA) is 0 Å². The molecule has 0 fully saturated rings. The highest BCUT2D eigenvalue weighted by Crippen LogP contribution is 2.39. The Morgan fingerprint density at radius 1 is 0.846 bits per heavy atom. The van der Waals surface area contributed by atoms with Crippen molar-refractivity contribution in [2.24, 2.45) is 0 Å². The van der Waals surface area contributed by atoms with Crippen LogP contribution in [0.1, 0.15) is 25.7 Å². The second kappa shape index (κ2) is 5.02. The van der Waals surface area contributed by atoms with E-state index in [0.717, 1.165) is 0 Å². The summed E-state index contributed by atoms with van der Waals surface area (Å²) >= 11 is 3.81. The van der Waals surface area contributed by atoms with E-state index >= 15 is 0 Å². The summed E-state index contributed by atoms with van der Waals surface area (Å²) in [5.41, 5.74) is 0. The Balaban J connectivity index is 3.77. The predicted octanol–water partition coefficient (Wildman–Crippen LogP) is 3.67. The SMILES string of the molecule is FC(F)(F)C(F)(F)CCCCCS. The Labute approximate surface area is 78.9 Å². The molecule has 0 rings (SSSR count). The van der Waals surface area contributed by atoms with Crippen molar-refractivity contribution in [1.29, 1.82) is 0 Å². The van der Waals surface area contributed by atoms with Crippen molar-refractivity contribution in [1.82, 2.24) is 0 Å². The fraction of sp³-hybridized carbons (Fsp3) is 1.00. The normalized spacial score (nSPS) is 13.4. The molecule has 0 aromatic rings. The highest BCUT2D eigenvalue weighted by Gasteiger charge is 2.56. The molecule has 0 amide bonds. The van der Waals surface area contributed by atoms with Crippen molar-refractivity contribution in [3.8, 4) is 0 Å².